The lowest BCUT2D eigenvalue weighted by Gasteiger charge is -2.19. The molecule has 0 aliphatic heterocycles. The third-order valence-electron chi connectivity index (χ3n) is 11.4. The number of carbonyl (C=O) groups excluding carboxylic acids is 2. The molecule has 0 spiro atoms. The van der Waals surface area contributed by atoms with Crippen LogP contribution < -0.4 is 5.73 Å². The van der Waals surface area contributed by atoms with E-state index in [1.54, 1.807) is 0 Å². The molecule has 0 aromatic rings. The van der Waals surface area contributed by atoms with Crippen molar-refractivity contribution < 1.29 is 37.6 Å². The van der Waals surface area contributed by atoms with Crippen molar-refractivity contribution in [3.63, 3.8) is 0 Å². The van der Waals surface area contributed by atoms with Crippen LogP contribution in [0.4, 0.5) is 0 Å². The first-order valence-electron chi connectivity index (χ1n) is 29.0. The van der Waals surface area contributed by atoms with Crippen molar-refractivity contribution in [3.8, 4) is 0 Å². The van der Waals surface area contributed by atoms with Crippen LogP contribution in [0.3, 0.4) is 0 Å². The second-order valence-corrected chi connectivity index (χ2v) is 19.8. The lowest BCUT2D eigenvalue weighted by atomic mass is 10.0. The van der Waals surface area contributed by atoms with Crippen LogP contribution in [0, 0.1) is 0 Å². The molecule has 0 aliphatic rings. The van der Waals surface area contributed by atoms with E-state index in [4.69, 9.17) is 24.3 Å². The second kappa shape index (κ2) is 58.9. The van der Waals surface area contributed by atoms with Crippen molar-refractivity contribution >= 4 is 19.8 Å². The Labute approximate surface area is 458 Å². The molecule has 0 aliphatic carbocycles. The average Bonchev–Trinajstić information content (AvgIpc) is 3.40. The maximum atomic E-state index is 12.7. The summed E-state index contributed by atoms with van der Waals surface area (Å²) in [5.41, 5.74) is 5.37. The molecule has 75 heavy (non-hydrogen) atoms. The Kier molecular flexibility index (Phi) is 55.5. The Bertz CT molecular complexity index is 1780. The van der Waals surface area contributed by atoms with Crippen molar-refractivity contribution in [3.05, 3.63) is 158 Å². The highest BCUT2D eigenvalue weighted by Crippen LogP contribution is 2.43. The first kappa shape index (κ1) is 70.6. The average molecular weight is 1060 g/mol. The van der Waals surface area contributed by atoms with E-state index in [0.717, 1.165) is 103 Å². The minimum atomic E-state index is -4.41. The predicted molar refractivity (Wildman–Crippen MR) is 320 cm³/mol. The molecular formula is C65H104NO8P. The maximum absolute atomic E-state index is 12.7. The molecule has 10 heteroatoms. The largest absolute Gasteiger partial charge is 0.472 e. The van der Waals surface area contributed by atoms with Crippen molar-refractivity contribution in [2.45, 2.75) is 213 Å². The van der Waals surface area contributed by atoms with Crippen LogP contribution in [0.2, 0.25) is 0 Å². The van der Waals surface area contributed by atoms with Crippen molar-refractivity contribution in [2.24, 2.45) is 5.73 Å². The van der Waals surface area contributed by atoms with Crippen LogP contribution in [-0.2, 0) is 32.7 Å². The van der Waals surface area contributed by atoms with Crippen LogP contribution >= 0.6 is 7.82 Å². The molecule has 3 N–H and O–H groups in total. The summed E-state index contributed by atoms with van der Waals surface area (Å²) >= 11 is 0. The fraction of sp³-hybridized carbons (Fsp3) is 0.569. The van der Waals surface area contributed by atoms with Crippen molar-refractivity contribution in [1.82, 2.24) is 0 Å². The number of hydrogen-bond acceptors (Lipinski definition) is 8. The summed E-state index contributed by atoms with van der Waals surface area (Å²) in [4.78, 5) is 35.1. The molecule has 0 saturated carbocycles. The molecule has 2 atom stereocenters. The Morgan fingerprint density at radius 2 is 0.720 bits per heavy atom. The summed E-state index contributed by atoms with van der Waals surface area (Å²) in [6.07, 6.45) is 86.0. The van der Waals surface area contributed by atoms with Gasteiger partial charge in [-0.15, -0.1) is 0 Å². The van der Waals surface area contributed by atoms with E-state index in [2.05, 4.69) is 160 Å². The number of carbonyl (C=O) groups is 2. The molecule has 0 radical (unpaired) electrons. The van der Waals surface area contributed by atoms with Crippen LogP contribution in [0.25, 0.3) is 0 Å². The first-order valence-corrected chi connectivity index (χ1v) is 30.5. The van der Waals surface area contributed by atoms with E-state index in [1.807, 2.05) is 12.2 Å². The summed E-state index contributed by atoms with van der Waals surface area (Å²) in [5.74, 6) is -0.938. The highest BCUT2D eigenvalue weighted by molar-refractivity contribution is 7.47. The van der Waals surface area contributed by atoms with E-state index >= 15 is 0 Å². The molecule has 9 nitrogen and oxygen atoms in total. The summed E-state index contributed by atoms with van der Waals surface area (Å²) in [7, 11) is -4.41. The van der Waals surface area contributed by atoms with Crippen molar-refractivity contribution in [2.75, 3.05) is 26.4 Å². The summed E-state index contributed by atoms with van der Waals surface area (Å²) in [6.45, 7) is 3.41. The molecule has 0 rings (SSSR count). The van der Waals surface area contributed by atoms with E-state index in [-0.39, 0.29) is 32.6 Å². The molecule has 0 fully saturated rings. The van der Waals surface area contributed by atoms with Crippen LogP contribution in [-0.4, -0.2) is 49.3 Å². The minimum absolute atomic E-state index is 0.0357. The maximum Gasteiger partial charge on any atom is 0.472 e. The molecule has 422 valence electrons. The van der Waals surface area contributed by atoms with Gasteiger partial charge in [-0.2, -0.15) is 0 Å². The summed E-state index contributed by atoms with van der Waals surface area (Å²) in [6, 6.07) is 0. The SMILES string of the molecule is CC/C=C\C/C=C\C/C=C\C/C=C\C/C=C\C/C=C\C/C=C\CCCCCCCCCCCCCCCC(=O)OC(COC(=O)CC/C=C\C/C=C\C/C=C\C/C=C\C/C=C\C/C=C\CC)COP(=O)(O)OCCN. The topological polar surface area (TPSA) is 134 Å². The molecule has 2 unspecified atom stereocenters. The van der Waals surface area contributed by atoms with Gasteiger partial charge < -0.3 is 20.1 Å². The van der Waals surface area contributed by atoms with Crippen LogP contribution in [0.1, 0.15) is 206 Å². The standard InChI is InChI=1S/C65H104NO8P/c1-3-5-7-9-11-13-15-17-19-21-23-24-25-26-27-28-29-30-31-32-33-34-35-36-37-38-40-42-44-46-48-50-52-54-56-58-65(68)74-63(62-73-75(69,70)72-60-59-66)61-71-64(67)57-55-53-51-49-47-45-43-41-39-22-20-18-16-14-12-10-8-6-4-2/h5-8,11-14,17-20,23-24,26-27,29-30,32-33,39,41,45,47,51,53,63H,3-4,9-10,15-16,21-22,25,28,31,34-38,40,42-44,46,48-50,52,54-62,66H2,1-2H3,(H,69,70)/b7-5-,8-6-,13-11-,14-12-,19-17-,20-18-,24-23-,27-26-,30-29-,33-32-,41-39-,47-45-,53-51-. The summed E-state index contributed by atoms with van der Waals surface area (Å²) in [5, 5.41) is 0. The molecule has 0 amide bonds. The highest BCUT2D eigenvalue weighted by Gasteiger charge is 2.26. The normalized spacial score (nSPS) is 14.2. The monoisotopic (exact) mass is 1060 g/mol. The van der Waals surface area contributed by atoms with Gasteiger partial charge in [-0.05, 0) is 109 Å². The Morgan fingerprint density at radius 1 is 0.400 bits per heavy atom. The number of hydrogen-bond donors (Lipinski definition) is 2. The third-order valence-corrected chi connectivity index (χ3v) is 12.4. The number of esters is 2. The van der Waals surface area contributed by atoms with E-state index in [9.17, 15) is 19.0 Å². The highest BCUT2D eigenvalue weighted by atomic mass is 31.2. The molecule has 0 aromatic heterocycles. The smallest absolute Gasteiger partial charge is 0.462 e. The molecular weight excluding hydrogens is 954 g/mol. The fourth-order valence-corrected chi connectivity index (χ4v) is 7.99. The lowest BCUT2D eigenvalue weighted by Crippen LogP contribution is -2.29. The van der Waals surface area contributed by atoms with Gasteiger partial charge in [0.1, 0.15) is 6.61 Å². The van der Waals surface area contributed by atoms with Gasteiger partial charge in [-0.1, -0.05) is 242 Å². The van der Waals surface area contributed by atoms with E-state index in [1.165, 1.54) is 64.2 Å². The summed E-state index contributed by atoms with van der Waals surface area (Å²) < 4.78 is 32.9. The number of rotatable bonds is 52. The second-order valence-electron chi connectivity index (χ2n) is 18.4. The van der Waals surface area contributed by atoms with Gasteiger partial charge in [-0.3, -0.25) is 18.6 Å². The van der Waals surface area contributed by atoms with E-state index in [0.29, 0.717) is 12.8 Å². The molecule has 0 bridgehead atoms. The number of nitrogens with two attached hydrogens (primary N) is 1. The van der Waals surface area contributed by atoms with Gasteiger partial charge in [0.05, 0.1) is 13.2 Å². The van der Waals surface area contributed by atoms with Crippen LogP contribution in [0.15, 0.2) is 158 Å². The quantitative estimate of drug-likeness (QED) is 0.0264. The zero-order valence-electron chi connectivity index (χ0n) is 47.0. The number of unbranched alkanes of at least 4 members (excludes halogenated alkanes) is 13. The zero-order chi connectivity index (χ0) is 54.5. The third kappa shape index (κ3) is 58.7. The number of ether oxygens (including phenoxy) is 2. The van der Waals surface area contributed by atoms with Crippen molar-refractivity contribution in [1.29, 1.82) is 0 Å². The molecule has 0 saturated heterocycles. The van der Waals surface area contributed by atoms with Gasteiger partial charge in [0.15, 0.2) is 6.10 Å². The first-order chi connectivity index (χ1) is 36.8. The van der Waals surface area contributed by atoms with Gasteiger partial charge in [0.25, 0.3) is 0 Å². The van der Waals surface area contributed by atoms with Gasteiger partial charge in [0, 0.05) is 19.4 Å². The van der Waals surface area contributed by atoms with Gasteiger partial charge in [-0.25, -0.2) is 4.57 Å². The molecule has 0 heterocycles. The van der Waals surface area contributed by atoms with Gasteiger partial charge >= 0.3 is 19.8 Å². The Balaban J connectivity index is 4.05. The van der Waals surface area contributed by atoms with Crippen LogP contribution in [0.5, 0.6) is 0 Å². The van der Waals surface area contributed by atoms with Gasteiger partial charge in [0.2, 0.25) is 0 Å². The zero-order valence-corrected chi connectivity index (χ0v) is 47.9. The molecule has 0 aromatic carbocycles. The number of phosphoric ester groups is 1. The predicted octanol–water partition coefficient (Wildman–Crippen LogP) is 18.5. The number of allylic oxidation sites excluding steroid dienone is 26. The Hall–Kier alpha value is -4.37. The minimum Gasteiger partial charge on any atom is -0.462 e. The number of phosphoric acid groups is 1. The van der Waals surface area contributed by atoms with E-state index < -0.39 is 32.5 Å². The Morgan fingerprint density at radius 3 is 1.08 bits per heavy atom. The fourth-order valence-electron chi connectivity index (χ4n) is 7.23. The lowest BCUT2D eigenvalue weighted by molar-refractivity contribution is -0.161.